The quantitative estimate of drug-likeness (QED) is 0.748. The summed E-state index contributed by atoms with van der Waals surface area (Å²) in [5.74, 6) is -1.41. The number of hydrogen-bond donors (Lipinski definition) is 2. The molecular formula is C14H21N3O3. The van der Waals surface area contributed by atoms with Crippen molar-refractivity contribution in [3.05, 3.63) is 29.6 Å². The van der Waals surface area contributed by atoms with E-state index < -0.39 is 5.97 Å². The molecule has 0 aliphatic heterocycles. The highest BCUT2D eigenvalue weighted by Gasteiger charge is 2.10. The first-order valence-electron chi connectivity index (χ1n) is 6.78. The van der Waals surface area contributed by atoms with Gasteiger partial charge in [0.25, 0.3) is 5.91 Å². The van der Waals surface area contributed by atoms with E-state index in [9.17, 15) is 9.59 Å². The van der Waals surface area contributed by atoms with E-state index in [1.807, 2.05) is 0 Å². The van der Waals surface area contributed by atoms with E-state index in [0.717, 1.165) is 26.1 Å². The van der Waals surface area contributed by atoms with Gasteiger partial charge in [0, 0.05) is 24.8 Å². The van der Waals surface area contributed by atoms with Crippen LogP contribution in [0.5, 0.6) is 0 Å². The van der Waals surface area contributed by atoms with Gasteiger partial charge in [0.2, 0.25) is 0 Å². The molecule has 0 radical (unpaired) electrons. The number of rotatable bonds is 8. The maximum atomic E-state index is 11.9. The van der Waals surface area contributed by atoms with Crippen LogP contribution in [-0.2, 0) is 0 Å². The van der Waals surface area contributed by atoms with E-state index in [4.69, 9.17) is 5.11 Å². The minimum absolute atomic E-state index is 0.126. The van der Waals surface area contributed by atoms with Crippen molar-refractivity contribution in [2.24, 2.45) is 0 Å². The summed E-state index contributed by atoms with van der Waals surface area (Å²) in [5, 5.41) is 11.6. The van der Waals surface area contributed by atoms with Gasteiger partial charge in [-0.25, -0.2) is 9.78 Å². The van der Waals surface area contributed by atoms with Gasteiger partial charge in [-0.3, -0.25) is 4.79 Å². The summed E-state index contributed by atoms with van der Waals surface area (Å²) in [4.78, 5) is 28.6. The zero-order valence-electron chi connectivity index (χ0n) is 11.9. The molecule has 0 saturated carbocycles. The molecule has 1 aromatic rings. The Morgan fingerprint density at radius 1 is 1.35 bits per heavy atom. The zero-order chi connectivity index (χ0) is 15.0. The van der Waals surface area contributed by atoms with Crippen molar-refractivity contribution < 1.29 is 14.7 Å². The summed E-state index contributed by atoms with van der Waals surface area (Å²) >= 11 is 0. The van der Waals surface area contributed by atoms with Gasteiger partial charge in [0.05, 0.1) is 0 Å². The van der Waals surface area contributed by atoms with Gasteiger partial charge in [0.15, 0.2) is 0 Å². The largest absolute Gasteiger partial charge is 0.477 e. The Bertz CT molecular complexity index is 463. The van der Waals surface area contributed by atoms with Crippen LogP contribution >= 0.6 is 0 Å². The molecule has 0 aliphatic rings. The topological polar surface area (TPSA) is 82.5 Å². The van der Waals surface area contributed by atoms with E-state index in [-0.39, 0.29) is 11.6 Å². The molecule has 6 nitrogen and oxygen atoms in total. The molecular weight excluding hydrogens is 258 g/mol. The van der Waals surface area contributed by atoms with Crippen LogP contribution in [0.1, 0.15) is 41.1 Å². The van der Waals surface area contributed by atoms with Gasteiger partial charge in [-0.05, 0) is 31.6 Å². The summed E-state index contributed by atoms with van der Waals surface area (Å²) in [5.41, 5.74) is 0.190. The van der Waals surface area contributed by atoms with Crippen LogP contribution in [-0.4, -0.2) is 53.0 Å². The highest BCUT2D eigenvalue weighted by atomic mass is 16.4. The third kappa shape index (κ3) is 4.97. The summed E-state index contributed by atoms with van der Waals surface area (Å²) in [6.45, 7) is 7.47. The summed E-state index contributed by atoms with van der Waals surface area (Å²) in [6.07, 6.45) is 2.40. The number of carboxylic acids is 1. The standard InChI is InChI=1S/C14H21N3O3/c1-3-8-17(4-2)9-7-16-13(18)11-5-6-15-12(10-11)14(19)20/h5-6,10H,3-4,7-9H2,1-2H3,(H,16,18)(H,19,20). The van der Waals surface area contributed by atoms with E-state index in [0.29, 0.717) is 12.1 Å². The number of nitrogens with one attached hydrogen (secondary N) is 1. The first-order chi connectivity index (χ1) is 9.58. The lowest BCUT2D eigenvalue weighted by Gasteiger charge is -2.19. The SMILES string of the molecule is CCCN(CC)CCNC(=O)c1ccnc(C(=O)O)c1. The third-order valence-corrected chi connectivity index (χ3v) is 2.94. The maximum absolute atomic E-state index is 11.9. The van der Waals surface area contributed by atoms with Crippen molar-refractivity contribution in [1.29, 1.82) is 0 Å². The van der Waals surface area contributed by atoms with Gasteiger partial charge in [-0.2, -0.15) is 0 Å². The Morgan fingerprint density at radius 2 is 2.10 bits per heavy atom. The number of carbonyl (C=O) groups excluding carboxylic acids is 1. The Hall–Kier alpha value is -1.95. The zero-order valence-corrected chi connectivity index (χ0v) is 11.9. The molecule has 0 saturated heterocycles. The molecule has 0 aliphatic carbocycles. The second-order valence-electron chi connectivity index (χ2n) is 4.43. The van der Waals surface area contributed by atoms with Crippen molar-refractivity contribution in [1.82, 2.24) is 15.2 Å². The van der Waals surface area contributed by atoms with Crippen molar-refractivity contribution in [3.63, 3.8) is 0 Å². The Balaban J connectivity index is 2.50. The number of amides is 1. The smallest absolute Gasteiger partial charge is 0.354 e. The number of pyridine rings is 1. The van der Waals surface area contributed by atoms with Crippen LogP contribution in [0.3, 0.4) is 0 Å². The average Bonchev–Trinajstić information content (AvgIpc) is 2.46. The molecule has 0 fully saturated rings. The molecule has 0 spiro atoms. The first kappa shape index (κ1) is 16.1. The Labute approximate surface area is 118 Å². The molecule has 6 heteroatoms. The molecule has 0 atom stereocenters. The monoisotopic (exact) mass is 279 g/mol. The van der Waals surface area contributed by atoms with Crippen LogP contribution in [0, 0.1) is 0 Å². The predicted molar refractivity (Wildman–Crippen MR) is 75.9 cm³/mol. The van der Waals surface area contributed by atoms with Gasteiger partial charge in [-0.1, -0.05) is 13.8 Å². The fourth-order valence-corrected chi connectivity index (χ4v) is 1.86. The molecule has 0 aromatic carbocycles. The highest BCUT2D eigenvalue weighted by Crippen LogP contribution is 2.02. The van der Waals surface area contributed by atoms with Crippen LogP contribution < -0.4 is 5.32 Å². The summed E-state index contributed by atoms with van der Waals surface area (Å²) in [7, 11) is 0. The average molecular weight is 279 g/mol. The fraction of sp³-hybridized carbons (Fsp3) is 0.500. The number of carbonyl (C=O) groups is 2. The summed E-state index contributed by atoms with van der Waals surface area (Å²) < 4.78 is 0. The second-order valence-corrected chi connectivity index (χ2v) is 4.43. The number of likely N-dealkylation sites (N-methyl/N-ethyl adjacent to an activating group) is 1. The number of aromatic carboxylic acids is 1. The van der Waals surface area contributed by atoms with E-state index in [1.54, 1.807) is 0 Å². The van der Waals surface area contributed by atoms with Gasteiger partial charge in [0.1, 0.15) is 5.69 Å². The molecule has 0 bridgehead atoms. The fourth-order valence-electron chi connectivity index (χ4n) is 1.86. The highest BCUT2D eigenvalue weighted by molar-refractivity contribution is 5.96. The van der Waals surface area contributed by atoms with Crippen molar-refractivity contribution >= 4 is 11.9 Å². The van der Waals surface area contributed by atoms with Crippen molar-refractivity contribution in [3.8, 4) is 0 Å². The molecule has 2 N–H and O–H groups in total. The normalized spacial score (nSPS) is 10.6. The Kier molecular flexibility index (Phi) is 6.66. The summed E-state index contributed by atoms with van der Waals surface area (Å²) in [6, 6.07) is 2.78. The van der Waals surface area contributed by atoms with Crippen molar-refractivity contribution in [2.45, 2.75) is 20.3 Å². The number of aromatic nitrogens is 1. The molecule has 1 heterocycles. The number of nitrogens with zero attached hydrogens (tertiary/aromatic N) is 2. The van der Waals surface area contributed by atoms with Crippen LogP contribution in [0.15, 0.2) is 18.3 Å². The van der Waals surface area contributed by atoms with Gasteiger partial charge >= 0.3 is 5.97 Å². The van der Waals surface area contributed by atoms with E-state index in [2.05, 4.69) is 29.0 Å². The Morgan fingerprint density at radius 3 is 2.70 bits per heavy atom. The minimum atomic E-state index is -1.14. The molecule has 110 valence electrons. The molecule has 1 aromatic heterocycles. The van der Waals surface area contributed by atoms with Crippen LogP contribution in [0.25, 0.3) is 0 Å². The van der Waals surface area contributed by atoms with Gasteiger partial charge in [-0.15, -0.1) is 0 Å². The van der Waals surface area contributed by atoms with Crippen molar-refractivity contribution in [2.75, 3.05) is 26.2 Å². The molecule has 0 unspecified atom stereocenters. The van der Waals surface area contributed by atoms with E-state index >= 15 is 0 Å². The van der Waals surface area contributed by atoms with Gasteiger partial charge < -0.3 is 15.3 Å². The van der Waals surface area contributed by atoms with Crippen LogP contribution in [0.4, 0.5) is 0 Å². The lowest BCUT2D eigenvalue weighted by Crippen LogP contribution is -2.35. The first-order valence-corrected chi connectivity index (χ1v) is 6.78. The maximum Gasteiger partial charge on any atom is 0.354 e. The van der Waals surface area contributed by atoms with Crippen LogP contribution in [0.2, 0.25) is 0 Å². The lowest BCUT2D eigenvalue weighted by atomic mass is 10.2. The van der Waals surface area contributed by atoms with E-state index in [1.165, 1.54) is 18.3 Å². The predicted octanol–water partition coefficient (Wildman–Crippen LogP) is 1.24. The molecule has 1 rings (SSSR count). The molecule has 1 amide bonds. The number of carboxylic acid groups (broad SMARTS) is 1. The number of hydrogen-bond acceptors (Lipinski definition) is 4. The minimum Gasteiger partial charge on any atom is -0.477 e. The second kappa shape index (κ2) is 8.27. The lowest BCUT2D eigenvalue weighted by molar-refractivity contribution is 0.0690. The third-order valence-electron chi connectivity index (χ3n) is 2.94. The molecule has 20 heavy (non-hydrogen) atoms.